The zero-order chi connectivity index (χ0) is 14.5. The summed E-state index contributed by atoms with van der Waals surface area (Å²) in [4.78, 5) is 0. The molecule has 0 aliphatic heterocycles. The molecule has 2 rings (SSSR count). The maximum atomic E-state index is 9.41. The molecular formula is C14H13ClN2O2S. The number of nitrogens with one attached hydrogen (secondary N) is 1. The second-order valence-corrected chi connectivity index (χ2v) is 4.90. The zero-order valence-corrected chi connectivity index (χ0v) is 12.0. The average molecular weight is 309 g/mol. The number of anilines is 1. The van der Waals surface area contributed by atoms with Crippen LogP contribution in [0.3, 0.4) is 0 Å². The molecule has 0 saturated carbocycles. The minimum atomic E-state index is -0.157. The second kappa shape index (κ2) is 6.56. The molecule has 104 valence electrons. The Morgan fingerprint density at radius 2 is 1.95 bits per heavy atom. The van der Waals surface area contributed by atoms with Gasteiger partial charge in [0.05, 0.1) is 6.61 Å². The van der Waals surface area contributed by atoms with E-state index in [1.807, 2.05) is 0 Å². The number of hydrogen-bond acceptors (Lipinski definition) is 3. The fraction of sp³-hybridized carbons (Fsp3) is 0.0714. The van der Waals surface area contributed by atoms with Gasteiger partial charge in [-0.05, 0) is 54.7 Å². The van der Waals surface area contributed by atoms with Crippen LogP contribution in [0.1, 0.15) is 5.56 Å². The van der Waals surface area contributed by atoms with E-state index in [1.54, 1.807) is 42.5 Å². The summed E-state index contributed by atoms with van der Waals surface area (Å²) >= 11 is 10.6. The second-order valence-electron chi connectivity index (χ2n) is 4.03. The van der Waals surface area contributed by atoms with Crippen LogP contribution >= 0.6 is 23.8 Å². The molecule has 0 spiro atoms. The molecule has 0 bridgehead atoms. The van der Waals surface area contributed by atoms with E-state index in [1.165, 1.54) is 0 Å². The summed E-state index contributed by atoms with van der Waals surface area (Å²) in [5, 5.41) is 13.0. The molecule has 0 aliphatic rings. The molecule has 2 aromatic rings. The highest BCUT2D eigenvalue weighted by Crippen LogP contribution is 2.28. The smallest absolute Gasteiger partial charge is 0.168 e. The minimum Gasteiger partial charge on any atom is -0.457 e. The summed E-state index contributed by atoms with van der Waals surface area (Å²) in [7, 11) is 0. The number of halogens is 1. The highest BCUT2D eigenvalue weighted by Gasteiger charge is 2.06. The standard InChI is InChI=1S/C14H13ClN2O2S/c15-10-1-4-12(5-2-10)19-13-6-3-11(17-14(16)20)7-9(13)8-18/h1-7,18H,8H2,(H3,16,17,20). The molecule has 4 N–H and O–H groups in total. The summed E-state index contributed by atoms with van der Waals surface area (Å²) in [5.41, 5.74) is 6.73. The number of benzene rings is 2. The van der Waals surface area contributed by atoms with Gasteiger partial charge in [0.25, 0.3) is 0 Å². The first-order valence-corrected chi connectivity index (χ1v) is 6.61. The molecule has 0 atom stereocenters. The normalized spacial score (nSPS) is 10.1. The lowest BCUT2D eigenvalue weighted by atomic mass is 10.2. The third-order valence-corrected chi connectivity index (χ3v) is 2.89. The van der Waals surface area contributed by atoms with Crippen LogP contribution in [0.15, 0.2) is 42.5 Å². The molecule has 0 aliphatic carbocycles. The lowest BCUT2D eigenvalue weighted by Crippen LogP contribution is -2.18. The highest BCUT2D eigenvalue weighted by molar-refractivity contribution is 7.80. The predicted octanol–water partition coefficient (Wildman–Crippen LogP) is 3.28. The number of thiocarbonyl (C=S) groups is 1. The number of nitrogens with two attached hydrogens (primary N) is 1. The fourth-order valence-electron chi connectivity index (χ4n) is 1.65. The van der Waals surface area contributed by atoms with Crippen LogP contribution in [0.25, 0.3) is 0 Å². The van der Waals surface area contributed by atoms with Gasteiger partial charge in [-0.25, -0.2) is 0 Å². The van der Waals surface area contributed by atoms with Crippen LogP contribution in [-0.2, 0) is 6.61 Å². The van der Waals surface area contributed by atoms with Crippen LogP contribution in [-0.4, -0.2) is 10.2 Å². The van der Waals surface area contributed by atoms with Gasteiger partial charge >= 0.3 is 0 Å². The van der Waals surface area contributed by atoms with E-state index in [0.29, 0.717) is 27.8 Å². The summed E-state index contributed by atoms with van der Waals surface area (Å²) in [6.07, 6.45) is 0. The van der Waals surface area contributed by atoms with Crippen LogP contribution in [0.4, 0.5) is 5.69 Å². The Bertz CT molecular complexity index is 617. The Morgan fingerprint density at radius 1 is 1.25 bits per heavy atom. The van der Waals surface area contributed by atoms with Gasteiger partial charge in [-0.15, -0.1) is 0 Å². The number of aliphatic hydroxyl groups is 1. The predicted molar refractivity (Wildman–Crippen MR) is 84.3 cm³/mol. The quantitative estimate of drug-likeness (QED) is 0.756. The van der Waals surface area contributed by atoms with Crippen molar-refractivity contribution in [3.63, 3.8) is 0 Å². The lowest BCUT2D eigenvalue weighted by molar-refractivity contribution is 0.276. The van der Waals surface area contributed by atoms with Gasteiger partial charge in [0.2, 0.25) is 0 Å². The average Bonchev–Trinajstić information content (AvgIpc) is 2.42. The maximum absolute atomic E-state index is 9.41. The Morgan fingerprint density at radius 3 is 2.55 bits per heavy atom. The van der Waals surface area contributed by atoms with Crippen LogP contribution in [0.5, 0.6) is 11.5 Å². The Kier molecular flexibility index (Phi) is 4.79. The third-order valence-electron chi connectivity index (χ3n) is 2.54. The highest BCUT2D eigenvalue weighted by atomic mass is 35.5. The number of aliphatic hydroxyl groups excluding tert-OH is 1. The van der Waals surface area contributed by atoms with Crippen molar-refractivity contribution in [2.45, 2.75) is 6.61 Å². The van der Waals surface area contributed by atoms with E-state index in [-0.39, 0.29) is 11.7 Å². The molecule has 0 saturated heterocycles. The van der Waals surface area contributed by atoms with E-state index in [0.717, 1.165) is 0 Å². The van der Waals surface area contributed by atoms with Crippen LogP contribution in [0.2, 0.25) is 5.02 Å². The number of rotatable bonds is 4. The topological polar surface area (TPSA) is 67.5 Å². The minimum absolute atomic E-state index is 0.157. The Labute approximate surface area is 127 Å². The number of hydrogen-bond donors (Lipinski definition) is 3. The number of ether oxygens (including phenoxy) is 1. The Hall–Kier alpha value is -1.82. The van der Waals surface area contributed by atoms with Crippen molar-refractivity contribution in [1.82, 2.24) is 0 Å². The molecule has 0 amide bonds. The van der Waals surface area contributed by atoms with E-state index in [4.69, 9.17) is 34.3 Å². The van der Waals surface area contributed by atoms with E-state index in [2.05, 4.69) is 5.32 Å². The van der Waals surface area contributed by atoms with Gasteiger partial charge in [-0.2, -0.15) is 0 Å². The molecular weight excluding hydrogens is 296 g/mol. The summed E-state index contributed by atoms with van der Waals surface area (Å²) in [6, 6.07) is 12.2. The first kappa shape index (κ1) is 14.6. The zero-order valence-electron chi connectivity index (χ0n) is 10.5. The van der Waals surface area contributed by atoms with Gasteiger partial charge < -0.3 is 20.9 Å². The molecule has 6 heteroatoms. The molecule has 0 aromatic heterocycles. The summed E-state index contributed by atoms with van der Waals surface area (Å²) < 4.78 is 5.70. The molecule has 0 radical (unpaired) electrons. The molecule has 4 nitrogen and oxygen atoms in total. The first-order valence-electron chi connectivity index (χ1n) is 5.82. The molecule has 0 heterocycles. The van der Waals surface area contributed by atoms with Gasteiger partial charge in [-0.3, -0.25) is 0 Å². The van der Waals surface area contributed by atoms with Crippen LogP contribution < -0.4 is 15.8 Å². The van der Waals surface area contributed by atoms with Crippen LogP contribution in [0, 0.1) is 0 Å². The van der Waals surface area contributed by atoms with Crippen molar-refractivity contribution in [1.29, 1.82) is 0 Å². The van der Waals surface area contributed by atoms with Crippen molar-refractivity contribution in [3.8, 4) is 11.5 Å². The fourth-order valence-corrected chi connectivity index (χ4v) is 1.90. The van der Waals surface area contributed by atoms with Crippen molar-refractivity contribution < 1.29 is 9.84 Å². The van der Waals surface area contributed by atoms with Crippen molar-refractivity contribution >= 4 is 34.6 Å². The molecule has 20 heavy (non-hydrogen) atoms. The first-order chi connectivity index (χ1) is 9.58. The summed E-state index contributed by atoms with van der Waals surface area (Å²) in [6.45, 7) is -0.157. The van der Waals surface area contributed by atoms with Crippen molar-refractivity contribution in [2.75, 3.05) is 5.32 Å². The van der Waals surface area contributed by atoms with Crippen molar-refractivity contribution in [2.24, 2.45) is 5.73 Å². The molecule has 0 fully saturated rings. The van der Waals surface area contributed by atoms with Gasteiger partial charge in [0.15, 0.2) is 5.11 Å². The summed E-state index contributed by atoms with van der Waals surface area (Å²) in [5.74, 6) is 1.20. The lowest BCUT2D eigenvalue weighted by Gasteiger charge is -2.12. The van der Waals surface area contributed by atoms with Crippen molar-refractivity contribution in [3.05, 3.63) is 53.1 Å². The van der Waals surface area contributed by atoms with E-state index < -0.39 is 0 Å². The van der Waals surface area contributed by atoms with Gasteiger partial charge in [0.1, 0.15) is 11.5 Å². The maximum Gasteiger partial charge on any atom is 0.168 e. The van der Waals surface area contributed by atoms with E-state index >= 15 is 0 Å². The van der Waals surface area contributed by atoms with E-state index in [9.17, 15) is 5.11 Å². The third kappa shape index (κ3) is 3.84. The van der Waals surface area contributed by atoms with Gasteiger partial charge in [0, 0.05) is 16.3 Å². The Balaban J connectivity index is 2.23. The van der Waals surface area contributed by atoms with Gasteiger partial charge in [-0.1, -0.05) is 11.6 Å². The molecule has 0 unspecified atom stereocenters. The monoisotopic (exact) mass is 308 g/mol. The molecule has 2 aromatic carbocycles. The largest absolute Gasteiger partial charge is 0.457 e. The SMILES string of the molecule is NC(=S)Nc1ccc(Oc2ccc(Cl)cc2)c(CO)c1.